The molecule has 21 heavy (non-hydrogen) atoms. The molecule has 0 atom stereocenters. The summed E-state index contributed by atoms with van der Waals surface area (Å²) in [6, 6.07) is 1.84. The Morgan fingerprint density at radius 3 is 2.71 bits per heavy atom. The highest BCUT2D eigenvalue weighted by atomic mass is 32.1. The summed E-state index contributed by atoms with van der Waals surface area (Å²) in [5.74, 6) is -2.41. The van der Waals surface area contributed by atoms with E-state index >= 15 is 0 Å². The highest BCUT2D eigenvalue weighted by Gasteiger charge is 2.24. The van der Waals surface area contributed by atoms with Crippen molar-refractivity contribution in [3.05, 3.63) is 38.9 Å². The van der Waals surface area contributed by atoms with Crippen molar-refractivity contribution in [1.82, 2.24) is 15.5 Å². The molecule has 1 N–H and O–H groups in total. The molecule has 9 heteroatoms. The van der Waals surface area contributed by atoms with Gasteiger partial charge in [-0.25, -0.2) is 8.78 Å². The summed E-state index contributed by atoms with van der Waals surface area (Å²) in [5.41, 5.74) is -0.583. The molecular formula is C12H10F2N4O2S. The minimum atomic E-state index is -1.26. The van der Waals surface area contributed by atoms with Crippen molar-refractivity contribution in [1.29, 1.82) is 0 Å². The lowest BCUT2D eigenvalue weighted by Gasteiger charge is -2.00. The SMILES string of the molecule is O=[N+]([O-])c1cc(F)c(F)cc1-c1nnc(CNC2CC2)s1. The van der Waals surface area contributed by atoms with Crippen molar-refractivity contribution in [3.63, 3.8) is 0 Å². The number of aromatic nitrogens is 2. The summed E-state index contributed by atoms with van der Waals surface area (Å²) < 4.78 is 26.5. The quantitative estimate of drug-likeness (QED) is 0.678. The molecule has 1 aromatic carbocycles. The fourth-order valence-corrected chi connectivity index (χ4v) is 2.63. The summed E-state index contributed by atoms with van der Waals surface area (Å²) in [6.07, 6.45) is 2.25. The van der Waals surface area contributed by atoms with Gasteiger partial charge in [0.1, 0.15) is 5.01 Å². The second-order valence-electron chi connectivity index (χ2n) is 4.70. The first-order valence-electron chi connectivity index (χ1n) is 6.24. The average Bonchev–Trinajstić information content (AvgIpc) is 3.16. The number of nitrogens with one attached hydrogen (secondary N) is 1. The molecule has 1 saturated carbocycles. The summed E-state index contributed by atoms with van der Waals surface area (Å²) in [6.45, 7) is 0.514. The summed E-state index contributed by atoms with van der Waals surface area (Å²) in [7, 11) is 0. The first-order chi connectivity index (χ1) is 10.0. The minimum Gasteiger partial charge on any atom is -0.308 e. The summed E-state index contributed by atoms with van der Waals surface area (Å²) in [5, 5.41) is 22.8. The fourth-order valence-electron chi connectivity index (χ4n) is 1.81. The highest BCUT2D eigenvalue weighted by Crippen LogP contribution is 2.33. The van der Waals surface area contributed by atoms with E-state index in [1.54, 1.807) is 0 Å². The van der Waals surface area contributed by atoms with E-state index in [9.17, 15) is 18.9 Å². The van der Waals surface area contributed by atoms with Crippen LogP contribution in [-0.2, 0) is 6.54 Å². The second-order valence-corrected chi connectivity index (χ2v) is 5.76. The molecule has 0 aliphatic heterocycles. The van der Waals surface area contributed by atoms with Crippen LogP contribution in [0.4, 0.5) is 14.5 Å². The number of nitro groups is 1. The van der Waals surface area contributed by atoms with Crippen LogP contribution in [0.15, 0.2) is 12.1 Å². The standard InChI is InChI=1S/C12H10F2N4O2S/c13-8-3-7(10(18(19)20)4-9(8)14)12-17-16-11(21-12)5-15-6-1-2-6/h3-4,6,15H,1-2,5H2. The molecule has 1 fully saturated rings. The Bertz CT molecular complexity index is 703. The number of benzene rings is 1. The Morgan fingerprint density at radius 2 is 2.05 bits per heavy atom. The van der Waals surface area contributed by atoms with E-state index in [0.29, 0.717) is 23.7 Å². The topological polar surface area (TPSA) is 81.0 Å². The molecule has 0 bridgehead atoms. The number of nitrogens with zero attached hydrogens (tertiary/aromatic N) is 3. The van der Waals surface area contributed by atoms with Crippen molar-refractivity contribution < 1.29 is 13.7 Å². The van der Waals surface area contributed by atoms with Crippen molar-refractivity contribution in [3.8, 4) is 10.6 Å². The molecule has 2 aromatic rings. The van der Waals surface area contributed by atoms with Gasteiger partial charge in [-0.2, -0.15) is 0 Å². The maximum Gasteiger partial charge on any atom is 0.282 e. The van der Waals surface area contributed by atoms with Crippen LogP contribution < -0.4 is 5.32 Å². The molecule has 0 unspecified atom stereocenters. The van der Waals surface area contributed by atoms with Gasteiger partial charge >= 0.3 is 0 Å². The maximum atomic E-state index is 13.3. The van der Waals surface area contributed by atoms with Crippen LogP contribution in [0.3, 0.4) is 0 Å². The zero-order valence-electron chi connectivity index (χ0n) is 10.7. The number of rotatable bonds is 5. The van der Waals surface area contributed by atoms with E-state index < -0.39 is 22.2 Å². The van der Waals surface area contributed by atoms with Crippen molar-refractivity contribution in [2.75, 3.05) is 0 Å². The number of halogens is 2. The lowest BCUT2D eigenvalue weighted by atomic mass is 10.2. The van der Waals surface area contributed by atoms with Gasteiger partial charge in [0.15, 0.2) is 16.6 Å². The van der Waals surface area contributed by atoms with Gasteiger partial charge in [-0.05, 0) is 18.9 Å². The molecule has 1 heterocycles. The molecule has 0 spiro atoms. The number of nitro benzene ring substituents is 1. The third-order valence-electron chi connectivity index (χ3n) is 3.05. The molecule has 0 radical (unpaired) electrons. The minimum absolute atomic E-state index is 0.0610. The van der Waals surface area contributed by atoms with E-state index in [4.69, 9.17) is 0 Å². The predicted octanol–water partition coefficient (Wildman–Crippen LogP) is 2.64. The normalized spacial score (nSPS) is 14.4. The van der Waals surface area contributed by atoms with Crippen molar-refractivity contribution >= 4 is 17.0 Å². The van der Waals surface area contributed by atoms with Gasteiger partial charge in [0.2, 0.25) is 0 Å². The lowest BCUT2D eigenvalue weighted by Crippen LogP contribution is -2.14. The monoisotopic (exact) mass is 312 g/mol. The molecule has 6 nitrogen and oxygen atoms in total. The molecule has 1 aromatic heterocycles. The zero-order valence-corrected chi connectivity index (χ0v) is 11.5. The van der Waals surface area contributed by atoms with Gasteiger partial charge in [0.05, 0.1) is 16.6 Å². The number of hydrogen-bond donors (Lipinski definition) is 1. The molecule has 1 aliphatic carbocycles. The van der Waals surface area contributed by atoms with Crippen LogP contribution in [0.2, 0.25) is 0 Å². The summed E-state index contributed by atoms with van der Waals surface area (Å²) >= 11 is 1.12. The Morgan fingerprint density at radius 1 is 1.33 bits per heavy atom. The molecule has 1 aliphatic rings. The lowest BCUT2D eigenvalue weighted by molar-refractivity contribution is -0.384. The van der Waals surface area contributed by atoms with E-state index in [0.717, 1.165) is 30.2 Å². The summed E-state index contributed by atoms with van der Waals surface area (Å²) in [4.78, 5) is 10.2. The van der Waals surface area contributed by atoms with Crippen LogP contribution in [-0.4, -0.2) is 21.2 Å². The molecule has 110 valence electrons. The highest BCUT2D eigenvalue weighted by molar-refractivity contribution is 7.14. The first-order valence-corrected chi connectivity index (χ1v) is 7.06. The van der Waals surface area contributed by atoms with Crippen LogP contribution >= 0.6 is 11.3 Å². The average molecular weight is 312 g/mol. The molecule has 0 amide bonds. The van der Waals surface area contributed by atoms with Crippen LogP contribution in [0.25, 0.3) is 10.6 Å². The number of hydrogen-bond acceptors (Lipinski definition) is 6. The van der Waals surface area contributed by atoms with Gasteiger partial charge in [0, 0.05) is 12.6 Å². The van der Waals surface area contributed by atoms with E-state index in [-0.39, 0.29) is 10.6 Å². The Balaban J connectivity index is 1.91. The zero-order chi connectivity index (χ0) is 15.0. The van der Waals surface area contributed by atoms with Crippen LogP contribution in [0, 0.1) is 21.7 Å². The van der Waals surface area contributed by atoms with E-state index in [1.165, 1.54) is 0 Å². The van der Waals surface area contributed by atoms with Gasteiger partial charge < -0.3 is 5.32 Å². The Kier molecular flexibility index (Phi) is 3.60. The van der Waals surface area contributed by atoms with Gasteiger partial charge in [-0.3, -0.25) is 10.1 Å². The molecule has 3 rings (SSSR count). The predicted molar refractivity (Wildman–Crippen MR) is 71.8 cm³/mol. The molecular weight excluding hydrogens is 302 g/mol. The Hall–Kier alpha value is -2.00. The fraction of sp³-hybridized carbons (Fsp3) is 0.333. The Labute approximate surface area is 122 Å². The third-order valence-corrected chi connectivity index (χ3v) is 4.01. The second kappa shape index (κ2) is 5.41. The third kappa shape index (κ3) is 3.03. The van der Waals surface area contributed by atoms with Crippen molar-refractivity contribution in [2.24, 2.45) is 0 Å². The smallest absolute Gasteiger partial charge is 0.282 e. The largest absolute Gasteiger partial charge is 0.308 e. The van der Waals surface area contributed by atoms with E-state index in [2.05, 4.69) is 15.5 Å². The van der Waals surface area contributed by atoms with Crippen LogP contribution in [0.5, 0.6) is 0 Å². The van der Waals surface area contributed by atoms with Crippen molar-refractivity contribution in [2.45, 2.75) is 25.4 Å². The molecule has 0 saturated heterocycles. The van der Waals surface area contributed by atoms with Crippen LogP contribution in [0.1, 0.15) is 17.8 Å². The van der Waals surface area contributed by atoms with Gasteiger partial charge in [-0.1, -0.05) is 11.3 Å². The van der Waals surface area contributed by atoms with Gasteiger partial charge in [0.25, 0.3) is 5.69 Å². The maximum absolute atomic E-state index is 13.3. The van der Waals surface area contributed by atoms with Gasteiger partial charge in [-0.15, -0.1) is 10.2 Å². The first kappa shape index (κ1) is 14.0. The van der Waals surface area contributed by atoms with E-state index in [1.807, 2.05) is 0 Å².